The zero-order valence-electron chi connectivity index (χ0n) is 11.4. The van der Waals surface area contributed by atoms with E-state index in [0.717, 1.165) is 30.2 Å². The Kier molecular flexibility index (Phi) is 3.00. The normalized spacial score (nSPS) is 17.6. The van der Waals surface area contributed by atoms with Crippen LogP contribution in [0, 0.1) is 0 Å². The lowest BCUT2D eigenvalue weighted by molar-refractivity contribution is -0.117. The first-order valence-corrected chi connectivity index (χ1v) is 8.01. The Balaban J connectivity index is 1.62. The summed E-state index contributed by atoms with van der Waals surface area (Å²) in [5.74, 6) is 0.625. The predicted molar refractivity (Wildman–Crippen MR) is 84.7 cm³/mol. The molecule has 0 saturated carbocycles. The third kappa shape index (κ3) is 2.14. The molecule has 1 aromatic carbocycles. The second-order valence-electron chi connectivity index (χ2n) is 5.35. The summed E-state index contributed by atoms with van der Waals surface area (Å²) in [5, 5.41) is 13.2. The quantitative estimate of drug-likeness (QED) is 0.758. The number of hydrogen-bond donors (Lipinski definition) is 2. The van der Waals surface area contributed by atoms with E-state index >= 15 is 0 Å². The summed E-state index contributed by atoms with van der Waals surface area (Å²) in [4.78, 5) is 14.0. The summed E-state index contributed by atoms with van der Waals surface area (Å²) in [7, 11) is 0. The van der Waals surface area contributed by atoms with Crippen LogP contribution >= 0.6 is 11.3 Å². The average Bonchev–Trinajstić information content (AvgIpc) is 3.14. The summed E-state index contributed by atoms with van der Waals surface area (Å²) in [6, 6.07) is 9.91. The number of rotatable bonds is 2. The van der Waals surface area contributed by atoms with Gasteiger partial charge in [0.2, 0.25) is 5.91 Å². The van der Waals surface area contributed by atoms with Crippen LogP contribution < -0.4 is 5.32 Å². The number of aromatic amines is 1. The van der Waals surface area contributed by atoms with Gasteiger partial charge < -0.3 is 5.32 Å². The first-order valence-electron chi connectivity index (χ1n) is 7.13. The van der Waals surface area contributed by atoms with Crippen molar-refractivity contribution in [1.29, 1.82) is 0 Å². The van der Waals surface area contributed by atoms with Crippen molar-refractivity contribution < 1.29 is 4.79 Å². The Morgan fingerprint density at radius 2 is 2.24 bits per heavy atom. The molecule has 0 aliphatic heterocycles. The highest BCUT2D eigenvalue weighted by atomic mass is 32.1. The Labute approximate surface area is 126 Å². The fraction of sp³-hybridized carbons (Fsp3) is 0.250. The van der Waals surface area contributed by atoms with E-state index in [1.54, 1.807) is 11.3 Å². The maximum absolute atomic E-state index is 12.6. The molecule has 2 N–H and O–H groups in total. The Morgan fingerprint density at radius 1 is 1.33 bits per heavy atom. The number of carbonyl (C=O) groups is 1. The molecular formula is C16H15N3OS. The summed E-state index contributed by atoms with van der Waals surface area (Å²) >= 11 is 1.76. The van der Waals surface area contributed by atoms with Gasteiger partial charge in [0.15, 0.2) is 5.82 Å². The molecule has 3 aromatic rings. The lowest BCUT2D eigenvalue weighted by Gasteiger charge is -2.21. The summed E-state index contributed by atoms with van der Waals surface area (Å²) in [6.45, 7) is 0. The Hall–Kier alpha value is -2.14. The van der Waals surface area contributed by atoms with Gasteiger partial charge >= 0.3 is 0 Å². The number of amides is 1. The van der Waals surface area contributed by atoms with E-state index in [1.165, 1.54) is 10.4 Å². The van der Waals surface area contributed by atoms with Crippen LogP contribution in [0.3, 0.4) is 0 Å². The number of fused-ring (bicyclic) bond motifs is 2. The number of aromatic nitrogens is 2. The number of nitrogens with zero attached hydrogens (tertiary/aromatic N) is 1. The second-order valence-corrected chi connectivity index (χ2v) is 6.35. The van der Waals surface area contributed by atoms with Crippen molar-refractivity contribution in [2.45, 2.75) is 25.2 Å². The first-order chi connectivity index (χ1) is 10.3. The number of nitrogens with one attached hydrogen (secondary N) is 2. The lowest BCUT2D eigenvalue weighted by atomic mass is 9.87. The number of H-pyrrole nitrogens is 1. The van der Waals surface area contributed by atoms with E-state index in [9.17, 15) is 4.79 Å². The molecule has 1 aliphatic carbocycles. The van der Waals surface area contributed by atoms with Crippen LogP contribution in [-0.2, 0) is 11.2 Å². The Morgan fingerprint density at radius 3 is 3.19 bits per heavy atom. The minimum Gasteiger partial charge on any atom is -0.308 e. The average molecular weight is 297 g/mol. The fourth-order valence-electron chi connectivity index (χ4n) is 3.02. The molecule has 1 amide bonds. The molecule has 21 heavy (non-hydrogen) atoms. The highest BCUT2D eigenvalue weighted by Gasteiger charge is 2.27. The molecule has 2 aromatic heterocycles. The Bertz CT molecular complexity index is 805. The van der Waals surface area contributed by atoms with Crippen LogP contribution in [-0.4, -0.2) is 16.1 Å². The summed E-state index contributed by atoms with van der Waals surface area (Å²) < 4.78 is 0. The van der Waals surface area contributed by atoms with Gasteiger partial charge in [0.05, 0.1) is 11.4 Å². The summed E-state index contributed by atoms with van der Waals surface area (Å²) in [6.07, 6.45) is 3.09. The molecule has 106 valence electrons. The molecule has 5 heteroatoms. The molecule has 2 heterocycles. The van der Waals surface area contributed by atoms with Crippen LogP contribution in [0.4, 0.5) is 5.82 Å². The minimum atomic E-state index is -0.0459. The molecule has 0 radical (unpaired) electrons. The van der Waals surface area contributed by atoms with Crippen molar-refractivity contribution in [3.8, 4) is 0 Å². The molecule has 0 bridgehead atoms. The van der Waals surface area contributed by atoms with Crippen LogP contribution in [0.2, 0.25) is 0 Å². The maximum Gasteiger partial charge on any atom is 0.233 e. The molecule has 1 unspecified atom stereocenters. The number of aryl methyl sites for hydroxylation is 1. The molecule has 4 rings (SSSR count). The van der Waals surface area contributed by atoms with Crippen LogP contribution in [0.1, 0.15) is 29.2 Å². The molecular weight excluding hydrogens is 282 g/mol. The number of carbonyl (C=O) groups excluding carboxylic acids is 1. The minimum absolute atomic E-state index is 0.0459. The zero-order chi connectivity index (χ0) is 14.2. The number of benzene rings is 1. The lowest BCUT2D eigenvalue weighted by Crippen LogP contribution is -2.24. The van der Waals surface area contributed by atoms with Crippen molar-refractivity contribution in [3.05, 3.63) is 46.2 Å². The third-order valence-electron chi connectivity index (χ3n) is 4.08. The van der Waals surface area contributed by atoms with E-state index in [-0.39, 0.29) is 11.8 Å². The van der Waals surface area contributed by atoms with Gasteiger partial charge in [-0.25, -0.2) is 0 Å². The van der Waals surface area contributed by atoms with Crippen molar-refractivity contribution in [3.63, 3.8) is 0 Å². The standard InChI is InChI=1S/C16H15N3OS/c20-16(11-5-3-7-14-10(11)8-9-21-14)17-15-12-4-1-2-6-13(12)18-19-15/h1-2,4,6,8-9,11H,3,5,7H2,(H2,17,18,19,20). The van der Waals surface area contributed by atoms with E-state index in [0.29, 0.717) is 5.82 Å². The highest BCUT2D eigenvalue weighted by molar-refractivity contribution is 7.10. The number of hydrogen-bond acceptors (Lipinski definition) is 3. The highest BCUT2D eigenvalue weighted by Crippen LogP contribution is 2.35. The summed E-state index contributed by atoms with van der Waals surface area (Å²) in [5.41, 5.74) is 2.14. The van der Waals surface area contributed by atoms with Gasteiger partial charge in [0.1, 0.15) is 0 Å². The van der Waals surface area contributed by atoms with Gasteiger partial charge in [-0.15, -0.1) is 11.3 Å². The maximum atomic E-state index is 12.6. The number of para-hydroxylation sites is 1. The van der Waals surface area contributed by atoms with Gasteiger partial charge in [-0.05, 0) is 48.4 Å². The monoisotopic (exact) mass is 297 g/mol. The smallest absolute Gasteiger partial charge is 0.233 e. The van der Waals surface area contributed by atoms with Crippen molar-refractivity contribution >= 4 is 34.0 Å². The largest absolute Gasteiger partial charge is 0.308 e. The molecule has 0 saturated heterocycles. The first kappa shape index (κ1) is 12.6. The van der Waals surface area contributed by atoms with Gasteiger partial charge in [-0.2, -0.15) is 5.10 Å². The molecule has 4 nitrogen and oxygen atoms in total. The molecule has 1 aliphatic rings. The van der Waals surface area contributed by atoms with Gasteiger partial charge in [0.25, 0.3) is 0 Å². The van der Waals surface area contributed by atoms with E-state index < -0.39 is 0 Å². The van der Waals surface area contributed by atoms with Crippen molar-refractivity contribution in [1.82, 2.24) is 10.2 Å². The number of anilines is 1. The van der Waals surface area contributed by atoms with E-state index in [4.69, 9.17) is 0 Å². The van der Waals surface area contributed by atoms with E-state index in [1.807, 2.05) is 24.3 Å². The second kappa shape index (κ2) is 5.00. The van der Waals surface area contributed by atoms with Crippen LogP contribution in [0.15, 0.2) is 35.7 Å². The zero-order valence-corrected chi connectivity index (χ0v) is 12.2. The number of thiophene rings is 1. The van der Waals surface area contributed by atoms with Crippen molar-refractivity contribution in [2.24, 2.45) is 0 Å². The fourth-order valence-corrected chi connectivity index (χ4v) is 4.01. The SMILES string of the molecule is O=C(Nc1n[nH]c2ccccc12)C1CCCc2sccc21. The third-order valence-corrected chi connectivity index (χ3v) is 5.08. The van der Waals surface area contributed by atoms with Crippen LogP contribution in [0.25, 0.3) is 10.9 Å². The van der Waals surface area contributed by atoms with Gasteiger partial charge in [0, 0.05) is 10.3 Å². The molecule has 0 fully saturated rings. The van der Waals surface area contributed by atoms with Crippen molar-refractivity contribution in [2.75, 3.05) is 5.32 Å². The topological polar surface area (TPSA) is 57.8 Å². The molecule has 1 atom stereocenters. The van der Waals surface area contributed by atoms with Gasteiger partial charge in [-0.3, -0.25) is 9.89 Å². The van der Waals surface area contributed by atoms with Gasteiger partial charge in [-0.1, -0.05) is 12.1 Å². The predicted octanol–water partition coefficient (Wildman–Crippen LogP) is 3.68. The van der Waals surface area contributed by atoms with E-state index in [2.05, 4.69) is 27.0 Å². The molecule has 0 spiro atoms. The van der Waals surface area contributed by atoms with Crippen LogP contribution in [0.5, 0.6) is 0 Å².